The fraction of sp³-hybridized carbons (Fsp3) is 0.412. The first-order chi connectivity index (χ1) is 9.92. The van der Waals surface area contributed by atoms with Crippen molar-refractivity contribution in [3.63, 3.8) is 0 Å². The van der Waals surface area contributed by atoms with Crippen LogP contribution in [0.4, 0.5) is 0 Å². The van der Waals surface area contributed by atoms with E-state index in [0.717, 1.165) is 16.7 Å². The summed E-state index contributed by atoms with van der Waals surface area (Å²) in [6.07, 6.45) is 3.85. The normalized spacial score (nSPS) is 19.3. The maximum atomic E-state index is 12.1. The van der Waals surface area contributed by atoms with Crippen LogP contribution in [0.2, 0.25) is 0 Å². The van der Waals surface area contributed by atoms with Gasteiger partial charge in [0, 0.05) is 5.92 Å². The molecule has 0 saturated heterocycles. The van der Waals surface area contributed by atoms with Crippen molar-refractivity contribution in [1.29, 1.82) is 0 Å². The van der Waals surface area contributed by atoms with Crippen molar-refractivity contribution in [2.75, 3.05) is 14.2 Å². The Kier molecular flexibility index (Phi) is 4.16. The summed E-state index contributed by atoms with van der Waals surface area (Å²) in [6.45, 7) is 4.06. The minimum atomic E-state index is -1.33. The molecule has 1 aliphatic carbocycles. The topological polar surface area (TPSA) is 52.6 Å². The van der Waals surface area contributed by atoms with Gasteiger partial charge < -0.3 is 9.47 Å². The van der Waals surface area contributed by atoms with E-state index in [2.05, 4.69) is 18.2 Å². The molecule has 0 spiro atoms. The molecule has 0 saturated carbocycles. The van der Waals surface area contributed by atoms with E-state index in [1.54, 1.807) is 6.08 Å². The molecular weight excluding hydrogens is 268 g/mol. The van der Waals surface area contributed by atoms with Crippen LogP contribution in [0.25, 0.3) is 0 Å². The molecule has 0 unspecified atom stereocenters. The zero-order valence-electron chi connectivity index (χ0n) is 12.8. The van der Waals surface area contributed by atoms with Crippen LogP contribution in [0.15, 0.2) is 30.4 Å². The summed E-state index contributed by atoms with van der Waals surface area (Å²) in [5.41, 5.74) is 2.09. The highest BCUT2D eigenvalue weighted by Crippen LogP contribution is 2.43. The molecule has 21 heavy (non-hydrogen) atoms. The number of hydrogen-bond donors (Lipinski definition) is 0. The molecule has 2 rings (SSSR count). The van der Waals surface area contributed by atoms with Gasteiger partial charge in [0.1, 0.15) is 0 Å². The number of benzene rings is 1. The predicted octanol–water partition coefficient (Wildman–Crippen LogP) is 2.68. The number of ether oxygens (including phenoxy) is 2. The van der Waals surface area contributed by atoms with E-state index in [1.807, 2.05) is 19.9 Å². The van der Waals surface area contributed by atoms with Gasteiger partial charge in [0.15, 0.2) is 5.41 Å². The first-order valence-corrected chi connectivity index (χ1v) is 6.87. The van der Waals surface area contributed by atoms with Gasteiger partial charge in [-0.15, -0.1) is 0 Å². The van der Waals surface area contributed by atoms with E-state index < -0.39 is 17.4 Å². The van der Waals surface area contributed by atoms with E-state index in [9.17, 15) is 9.59 Å². The van der Waals surface area contributed by atoms with Crippen molar-refractivity contribution in [2.45, 2.75) is 26.2 Å². The second-order valence-electron chi connectivity index (χ2n) is 5.55. The van der Waals surface area contributed by atoms with E-state index in [-0.39, 0.29) is 5.92 Å². The number of methoxy groups -OCH3 is 2. The summed E-state index contributed by atoms with van der Waals surface area (Å²) < 4.78 is 9.60. The van der Waals surface area contributed by atoms with Crippen LogP contribution < -0.4 is 0 Å². The Morgan fingerprint density at radius 1 is 1.05 bits per heavy atom. The van der Waals surface area contributed by atoms with Gasteiger partial charge in [-0.25, -0.2) is 0 Å². The van der Waals surface area contributed by atoms with Gasteiger partial charge in [-0.3, -0.25) is 9.59 Å². The average molecular weight is 288 g/mol. The van der Waals surface area contributed by atoms with Gasteiger partial charge in [0.05, 0.1) is 14.2 Å². The summed E-state index contributed by atoms with van der Waals surface area (Å²) in [6, 6.07) is 6.25. The second kappa shape index (κ2) is 5.72. The van der Waals surface area contributed by atoms with E-state index in [4.69, 9.17) is 9.47 Å². The Morgan fingerprint density at radius 3 is 2.05 bits per heavy atom. The lowest BCUT2D eigenvalue weighted by Gasteiger charge is -2.23. The minimum Gasteiger partial charge on any atom is -0.468 e. The lowest BCUT2D eigenvalue weighted by Crippen LogP contribution is -2.38. The van der Waals surface area contributed by atoms with Gasteiger partial charge in [0.25, 0.3) is 0 Å². The first kappa shape index (κ1) is 15.3. The third kappa shape index (κ3) is 2.71. The molecule has 0 aliphatic heterocycles. The molecule has 1 aliphatic rings. The monoisotopic (exact) mass is 288 g/mol. The van der Waals surface area contributed by atoms with Crippen molar-refractivity contribution < 1.29 is 19.1 Å². The Labute approximate surface area is 124 Å². The zero-order chi connectivity index (χ0) is 15.6. The Hall–Kier alpha value is -2.10. The fourth-order valence-electron chi connectivity index (χ4n) is 2.97. The molecule has 1 aromatic rings. The maximum absolute atomic E-state index is 12.1. The summed E-state index contributed by atoms with van der Waals surface area (Å²) in [5, 5.41) is 0. The first-order valence-electron chi connectivity index (χ1n) is 6.87. The predicted molar refractivity (Wildman–Crippen MR) is 78.9 cm³/mol. The maximum Gasteiger partial charge on any atom is 0.327 e. The van der Waals surface area contributed by atoms with Crippen LogP contribution >= 0.6 is 0 Å². The highest BCUT2D eigenvalue weighted by molar-refractivity contribution is 6.03. The van der Waals surface area contributed by atoms with Crippen molar-refractivity contribution >= 4 is 11.9 Å². The second-order valence-corrected chi connectivity index (χ2v) is 5.55. The molecule has 4 heteroatoms. The lowest BCUT2D eigenvalue weighted by molar-refractivity contribution is -0.165. The molecule has 0 aromatic heterocycles. The molecule has 4 nitrogen and oxygen atoms in total. The van der Waals surface area contributed by atoms with E-state index in [0.29, 0.717) is 6.42 Å². The third-order valence-corrected chi connectivity index (χ3v) is 3.93. The molecule has 0 radical (unpaired) electrons. The van der Waals surface area contributed by atoms with Gasteiger partial charge >= 0.3 is 11.9 Å². The highest BCUT2D eigenvalue weighted by Gasteiger charge is 2.50. The molecule has 1 aromatic carbocycles. The molecule has 0 heterocycles. The summed E-state index contributed by atoms with van der Waals surface area (Å²) in [7, 11) is 2.57. The van der Waals surface area contributed by atoms with Gasteiger partial charge in [-0.2, -0.15) is 0 Å². The Balaban J connectivity index is 2.35. The minimum absolute atomic E-state index is 0.00167. The average Bonchev–Trinajstić information content (AvgIpc) is 2.91. The van der Waals surface area contributed by atoms with Crippen LogP contribution in [-0.2, 0) is 19.1 Å². The van der Waals surface area contributed by atoms with Crippen LogP contribution in [0.1, 0.15) is 29.0 Å². The molecule has 0 amide bonds. The number of esters is 2. The zero-order valence-corrected chi connectivity index (χ0v) is 12.8. The van der Waals surface area contributed by atoms with Crippen LogP contribution in [0.5, 0.6) is 0 Å². The number of allylic oxidation sites excluding steroid dienone is 1. The van der Waals surface area contributed by atoms with Crippen molar-refractivity contribution in [1.82, 2.24) is 0 Å². The van der Waals surface area contributed by atoms with Crippen molar-refractivity contribution in [3.8, 4) is 0 Å². The van der Waals surface area contributed by atoms with Gasteiger partial charge in [-0.1, -0.05) is 41.5 Å². The SMILES string of the molecule is COC(=O)C1(C(=O)OC)C=C[C@H](c2cc(C)cc(C)c2)C1. The standard InChI is InChI=1S/C17H20O4/c1-11-7-12(2)9-14(8-11)13-5-6-17(10-13,15(18)20-3)16(19)21-4/h5-9,13H,10H2,1-4H3/t13-/m0/s1. The number of carbonyl (C=O) groups excluding carboxylic acids is 2. The third-order valence-electron chi connectivity index (χ3n) is 3.93. The Morgan fingerprint density at radius 2 is 1.57 bits per heavy atom. The smallest absolute Gasteiger partial charge is 0.327 e. The summed E-state index contributed by atoms with van der Waals surface area (Å²) in [5.74, 6) is -1.14. The quantitative estimate of drug-likeness (QED) is 0.487. The molecule has 0 fully saturated rings. The number of hydrogen-bond acceptors (Lipinski definition) is 4. The number of rotatable bonds is 3. The number of carbonyl (C=O) groups is 2. The van der Waals surface area contributed by atoms with Crippen LogP contribution in [-0.4, -0.2) is 26.2 Å². The summed E-state index contributed by atoms with van der Waals surface area (Å²) in [4.78, 5) is 24.1. The largest absolute Gasteiger partial charge is 0.468 e. The van der Waals surface area contributed by atoms with E-state index >= 15 is 0 Å². The van der Waals surface area contributed by atoms with Gasteiger partial charge in [-0.05, 0) is 25.8 Å². The van der Waals surface area contributed by atoms with Gasteiger partial charge in [0.2, 0.25) is 0 Å². The summed E-state index contributed by atoms with van der Waals surface area (Å²) >= 11 is 0. The molecule has 112 valence electrons. The van der Waals surface area contributed by atoms with E-state index in [1.165, 1.54) is 14.2 Å². The molecule has 1 atom stereocenters. The Bertz CT molecular complexity index is 565. The molecule has 0 N–H and O–H groups in total. The fourth-order valence-corrected chi connectivity index (χ4v) is 2.97. The number of aryl methyl sites for hydroxylation is 2. The van der Waals surface area contributed by atoms with Crippen LogP contribution in [0, 0.1) is 19.3 Å². The van der Waals surface area contributed by atoms with Crippen LogP contribution in [0.3, 0.4) is 0 Å². The molecule has 0 bridgehead atoms. The highest BCUT2D eigenvalue weighted by atomic mass is 16.5. The van der Waals surface area contributed by atoms with Crippen molar-refractivity contribution in [3.05, 3.63) is 47.0 Å². The molecular formula is C17H20O4. The van der Waals surface area contributed by atoms with Crippen molar-refractivity contribution in [2.24, 2.45) is 5.41 Å². The lowest BCUT2D eigenvalue weighted by atomic mass is 9.83.